The second-order valence-electron chi connectivity index (χ2n) is 8.69. The van der Waals surface area contributed by atoms with Crippen molar-refractivity contribution < 1.29 is 29.6 Å². The minimum absolute atomic E-state index is 0.0282. The highest BCUT2D eigenvalue weighted by Gasteiger charge is 2.30. The molecule has 2 aromatic carbocycles. The first kappa shape index (κ1) is 24.4. The number of aromatic amines is 2. The number of aromatic nitrogens is 2. The van der Waals surface area contributed by atoms with Gasteiger partial charge in [0.2, 0.25) is 5.78 Å². The number of thiophene rings is 1. The predicted molar refractivity (Wildman–Crippen MR) is 143 cm³/mol. The lowest BCUT2D eigenvalue weighted by atomic mass is 10.0. The zero-order valence-corrected chi connectivity index (χ0v) is 20.9. The van der Waals surface area contributed by atoms with Crippen LogP contribution in [0.25, 0.3) is 32.9 Å². The average molecular weight is 517 g/mol. The fourth-order valence-electron chi connectivity index (χ4n) is 4.46. The lowest BCUT2D eigenvalue weighted by molar-refractivity contribution is 0.0702. The number of fused-ring (bicyclic) bond motifs is 2. The molecule has 0 aliphatic carbocycles. The summed E-state index contributed by atoms with van der Waals surface area (Å²) >= 11 is 0.752. The number of carbonyl (C=O) groups excluding carboxylic acids is 1. The van der Waals surface area contributed by atoms with Gasteiger partial charge in [0.1, 0.15) is 21.3 Å². The average Bonchev–Trinajstić information content (AvgIpc) is 3.61. The SMILES string of the molecule is COc1ccc2[nH]cc(-c3c(C(=O)O)sc(C(=O)c4c[nH]c5c(C/C=C(/C)CO)cccc45)c3O)c2c1. The maximum absolute atomic E-state index is 13.7. The lowest BCUT2D eigenvalue weighted by Crippen LogP contribution is -1.98. The summed E-state index contributed by atoms with van der Waals surface area (Å²) in [5.74, 6) is -1.50. The van der Waals surface area contributed by atoms with Crippen LogP contribution in [0.3, 0.4) is 0 Å². The summed E-state index contributed by atoms with van der Waals surface area (Å²) in [6.45, 7) is 1.81. The first-order valence-corrected chi connectivity index (χ1v) is 12.3. The van der Waals surface area contributed by atoms with E-state index in [2.05, 4.69) is 9.97 Å². The maximum atomic E-state index is 13.7. The number of hydrogen-bond donors (Lipinski definition) is 5. The number of allylic oxidation sites excluding steroid dienone is 1. The van der Waals surface area contributed by atoms with Crippen LogP contribution in [-0.4, -0.2) is 50.8 Å². The Balaban J connectivity index is 1.62. The van der Waals surface area contributed by atoms with Crippen LogP contribution < -0.4 is 4.74 Å². The standard InChI is InChI=1S/C28H24N2O6S/c1-14(13-31)6-7-15-4-3-5-17-20(12-30-23(15)17)24(32)27-25(33)22(26(37-27)28(34)35)19-11-29-21-9-8-16(36-2)10-18(19)21/h3-6,8-12,29-31,33H,7,13H2,1-2H3,(H,34,35)/b14-6-. The molecule has 37 heavy (non-hydrogen) atoms. The number of hydrogen-bond acceptors (Lipinski definition) is 6. The number of methoxy groups -OCH3 is 1. The second kappa shape index (κ2) is 9.61. The summed E-state index contributed by atoms with van der Waals surface area (Å²) in [5, 5.41) is 31.8. The highest BCUT2D eigenvalue weighted by molar-refractivity contribution is 7.17. The number of carboxylic acids is 1. The number of aliphatic hydroxyl groups is 1. The summed E-state index contributed by atoms with van der Waals surface area (Å²) in [5.41, 5.74) is 4.18. The molecule has 0 unspecified atom stereocenters. The Morgan fingerprint density at radius 3 is 2.62 bits per heavy atom. The summed E-state index contributed by atoms with van der Waals surface area (Å²) in [7, 11) is 1.53. The van der Waals surface area contributed by atoms with Gasteiger partial charge in [-0.15, -0.1) is 11.3 Å². The number of ether oxygens (including phenoxy) is 1. The third kappa shape index (κ3) is 4.18. The number of carbonyl (C=O) groups is 2. The van der Waals surface area contributed by atoms with Gasteiger partial charge < -0.3 is 30.0 Å². The summed E-state index contributed by atoms with van der Waals surface area (Å²) in [4.78, 5) is 31.9. The molecule has 0 amide bonds. The molecule has 0 fully saturated rings. The number of aliphatic hydroxyl groups excluding tert-OH is 1. The van der Waals surface area contributed by atoms with Crippen molar-refractivity contribution in [2.24, 2.45) is 0 Å². The van der Waals surface area contributed by atoms with Crippen molar-refractivity contribution in [3.63, 3.8) is 0 Å². The Bertz CT molecular complexity index is 1700. The van der Waals surface area contributed by atoms with Crippen LogP contribution in [0.1, 0.15) is 37.4 Å². The van der Waals surface area contributed by atoms with Gasteiger partial charge in [0.15, 0.2) is 0 Å². The molecule has 0 spiro atoms. The molecule has 0 aliphatic rings. The normalized spacial score (nSPS) is 11.9. The number of para-hydroxylation sites is 1. The zero-order chi connectivity index (χ0) is 26.3. The molecular formula is C28H24N2O6S. The Labute approximate surface area is 215 Å². The van der Waals surface area contributed by atoms with E-state index in [9.17, 15) is 24.9 Å². The van der Waals surface area contributed by atoms with Gasteiger partial charge in [-0.3, -0.25) is 4.79 Å². The molecule has 0 saturated carbocycles. The molecule has 5 N–H and O–H groups in total. The van der Waals surface area contributed by atoms with Gasteiger partial charge in [0.05, 0.1) is 19.3 Å². The van der Waals surface area contributed by atoms with Gasteiger partial charge in [0, 0.05) is 45.3 Å². The molecule has 0 bridgehead atoms. The van der Waals surface area contributed by atoms with Gasteiger partial charge >= 0.3 is 5.97 Å². The Morgan fingerprint density at radius 1 is 1.08 bits per heavy atom. The largest absolute Gasteiger partial charge is 0.506 e. The van der Waals surface area contributed by atoms with E-state index in [1.165, 1.54) is 7.11 Å². The molecule has 188 valence electrons. The summed E-state index contributed by atoms with van der Waals surface area (Å²) < 4.78 is 5.31. The molecule has 9 heteroatoms. The predicted octanol–water partition coefficient (Wildman–Crippen LogP) is 5.50. The Kier molecular flexibility index (Phi) is 6.32. The third-order valence-corrected chi connectivity index (χ3v) is 7.57. The minimum atomic E-state index is -1.24. The number of rotatable bonds is 8. The molecule has 8 nitrogen and oxygen atoms in total. The van der Waals surface area contributed by atoms with E-state index >= 15 is 0 Å². The Morgan fingerprint density at radius 2 is 1.89 bits per heavy atom. The van der Waals surface area contributed by atoms with E-state index in [0.29, 0.717) is 34.1 Å². The first-order valence-electron chi connectivity index (χ1n) is 11.5. The fraction of sp³-hybridized carbons (Fsp3) is 0.143. The third-order valence-electron chi connectivity index (χ3n) is 6.41. The number of H-pyrrole nitrogens is 2. The number of nitrogens with one attached hydrogen (secondary N) is 2. The lowest BCUT2D eigenvalue weighted by Gasteiger charge is -2.04. The van der Waals surface area contributed by atoms with Crippen LogP contribution in [0.4, 0.5) is 0 Å². The van der Waals surface area contributed by atoms with E-state index in [1.807, 2.05) is 25.1 Å². The van der Waals surface area contributed by atoms with E-state index in [0.717, 1.165) is 33.5 Å². The number of ketones is 1. The molecule has 5 rings (SSSR count). The van der Waals surface area contributed by atoms with Crippen LogP contribution in [0, 0.1) is 0 Å². The van der Waals surface area contributed by atoms with Crippen LogP contribution in [0.5, 0.6) is 11.5 Å². The van der Waals surface area contributed by atoms with Crippen LogP contribution in [0.15, 0.2) is 60.4 Å². The molecule has 0 aliphatic heterocycles. The molecule has 3 aromatic heterocycles. The fourth-order valence-corrected chi connectivity index (χ4v) is 5.46. The molecule has 5 aromatic rings. The highest BCUT2D eigenvalue weighted by Crippen LogP contribution is 2.46. The monoisotopic (exact) mass is 516 g/mol. The number of aromatic carboxylic acids is 1. The summed E-state index contributed by atoms with van der Waals surface area (Å²) in [6, 6.07) is 10.9. The molecule has 0 radical (unpaired) electrons. The van der Waals surface area contributed by atoms with Gasteiger partial charge in [-0.2, -0.15) is 0 Å². The van der Waals surface area contributed by atoms with E-state index in [1.54, 1.807) is 36.7 Å². The van der Waals surface area contributed by atoms with Crippen molar-refractivity contribution in [1.29, 1.82) is 0 Å². The topological polar surface area (TPSA) is 136 Å². The smallest absolute Gasteiger partial charge is 0.346 e. The Hall–Kier alpha value is -4.34. The van der Waals surface area contributed by atoms with E-state index in [-0.39, 0.29) is 27.7 Å². The molecule has 3 heterocycles. The molecule has 0 atom stereocenters. The number of benzene rings is 2. The van der Waals surface area contributed by atoms with Crippen molar-refractivity contribution in [2.45, 2.75) is 13.3 Å². The van der Waals surface area contributed by atoms with Crippen LogP contribution in [-0.2, 0) is 6.42 Å². The van der Waals surface area contributed by atoms with Gasteiger partial charge in [-0.25, -0.2) is 4.79 Å². The van der Waals surface area contributed by atoms with Crippen molar-refractivity contribution >= 4 is 44.9 Å². The highest BCUT2D eigenvalue weighted by atomic mass is 32.1. The quantitative estimate of drug-likeness (QED) is 0.136. The number of aromatic hydroxyl groups is 1. The zero-order valence-electron chi connectivity index (χ0n) is 20.1. The van der Waals surface area contributed by atoms with Crippen molar-refractivity contribution in [1.82, 2.24) is 9.97 Å². The van der Waals surface area contributed by atoms with Gasteiger partial charge in [-0.1, -0.05) is 29.8 Å². The first-order chi connectivity index (χ1) is 17.8. The minimum Gasteiger partial charge on any atom is -0.506 e. The second-order valence-corrected chi connectivity index (χ2v) is 9.71. The van der Waals surface area contributed by atoms with E-state index < -0.39 is 11.8 Å². The van der Waals surface area contributed by atoms with E-state index in [4.69, 9.17) is 4.74 Å². The van der Waals surface area contributed by atoms with Gasteiger partial charge in [0.25, 0.3) is 0 Å². The molecular weight excluding hydrogens is 492 g/mol. The van der Waals surface area contributed by atoms with Crippen LogP contribution in [0.2, 0.25) is 0 Å². The van der Waals surface area contributed by atoms with Crippen LogP contribution >= 0.6 is 11.3 Å². The molecule has 0 saturated heterocycles. The van der Waals surface area contributed by atoms with Gasteiger partial charge in [-0.05, 0) is 37.1 Å². The van der Waals surface area contributed by atoms with Crippen molar-refractivity contribution in [3.8, 4) is 22.6 Å². The van der Waals surface area contributed by atoms with Crippen molar-refractivity contribution in [3.05, 3.63) is 81.3 Å². The number of carboxylic acid groups (broad SMARTS) is 1. The summed E-state index contributed by atoms with van der Waals surface area (Å²) in [6.07, 6.45) is 5.69. The van der Waals surface area contributed by atoms with Crippen molar-refractivity contribution in [2.75, 3.05) is 13.7 Å². The maximum Gasteiger partial charge on any atom is 0.346 e.